The van der Waals surface area contributed by atoms with Crippen molar-refractivity contribution in [2.75, 3.05) is 19.9 Å². The highest BCUT2D eigenvalue weighted by Gasteiger charge is 2.24. The Hall–Kier alpha value is -3.52. The van der Waals surface area contributed by atoms with E-state index >= 15 is 0 Å². The van der Waals surface area contributed by atoms with E-state index in [1.165, 1.54) is 16.2 Å². The number of hydrogen-bond donors (Lipinski definition) is 0. The standard InChI is InChI=1S/C24H24N2O5S/c1-3-10-25(24(28)22-5-4-11-32-22)15-23(27)26(14-19-8-6-17(2)31-19)13-18-7-9-20-21(12-18)30-16-29-20/h3-9,11-12H,1,10,13-16H2,2H3. The molecule has 0 aliphatic carbocycles. The molecule has 3 aromatic rings. The van der Waals surface area contributed by atoms with Crippen molar-refractivity contribution in [3.8, 4) is 11.5 Å². The molecule has 8 heteroatoms. The largest absolute Gasteiger partial charge is 0.464 e. The molecule has 4 rings (SSSR count). The Morgan fingerprint density at radius 1 is 1.09 bits per heavy atom. The molecule has 0 saturated heterocycles. The lowest BCUT2D eigenvalue weighted by Gasteiger charge is -2.26. The summed E-state index contributed by atoms with van der Waals surface area (Å²) in [6.07, 6.45) is 1.62. The molecular formula is C24H24N2O5S. The zero-order valence-electron chi connectivity index (χ0n) is 17.8. The lowest BCUT2D eigenvalue weighted by molar-refractivity contribution is -0.133. The van der Waals surface area contributed by atoms with Crippen molar-refractivity contribution in [3.63, 3.8) is 0 Å². The highest BCUT2D eigenvalue weighted by molar-refractivity contribution is 7.12. The van der Waals surface area contributed by atoms with Gasteiger partial charge < -0.3 is 23.7 Å². The number of carbonyl (C=O) groups excluding carboxylic acids is 2. The molecule has 166 valence electrons. The zero-order valence-corrected chi connectivity index (χ0v) is 18.6. The van der Waals surface area contributed by atoms with Crippen LogP contribution in [0.2, 0.25) is 0 Å². The highest BCUT2D eigenvalue weighted by atomic mass is 32.1. The molecule has 0 N–H and O–H groups in total. The molecule has 3 heterocycles. The van der Waals surface area contributed by atoms with Crippen LogP contribution in [0.3, 0.4) is 0 Å². The second kappa shape index (κ2) is 9.74. The van der Waals surface area contributed by atoms with E-state index in [2.05, 4.69) is 6.58 Å². The zero-order chi connectivity index (χ0) is 22.5. The van der Waals surface area contributed by atoms with Crippen molar-refractivity contribution in [2.45, 2.75) is 20.0 Å². The van der Waals surface area contributed by atoms with E-state index in [4.69, 9.17) is 13.9 Å². The molecule has 0 spiro atoms. The fraction of sp³-hybridized carbons (Fsp3) is 0.250. The van der Waals surface area contributed by atoms with Crippen LogP contribution in [0.15, 0.2) is 64.9 Å². The molecule has 0 bridgehead atoms. The molecule has 0 saturated carbocycles. The van der Waals surface area contributed by atoms with Gasteiger partial charge in [0.2, 0.25) is 12.7 Å². The molecule has 0 radical (unpaired) electrons. The molecule has 1 aliphatic rings. The Bertz CT molecular complexity index is 1110. The van der Waals surface area contributed by atoms with E-state index in [9.17, 15) is 9.59 Å². The predicted octanol–water partition coefficient (Wildman–Crippen LogP) is 4.24. The number of aryl methyl sites for hydroxylation is 1. The molecule has 1 aliphatic heterocycles. The van der Waals surface area contributed by atoms with Crippen LogP contribution in [-0.2, 0) is 17.9 Å². The summed E-state index contributed by atoms with van der Waals surface area (Å²) in [6.45, 7) is 6.62. The Morgan fingerprint density at radius 2 is 1.94 bits per heavy atom. The predicted molar refractivity (Wildman–Crippen MR) is 121 cm³/mol. The quantitative estimate of drug-likeness (QED) is 0.454. The summed E-state index contributed by atoms with van der Waals surface area (Å²) in [7, 11) is 0. The van der Waals surface area contributed by atoms with Gasteiger partial charge in [-0.25, -0.2) is 0 Å². The molecule has 0 unspecified atom stereocenters. The maximum atomic E-state index is 13.4. The first kappa shape index (κ1) is 21.7. The van der Waals surface area contributed by atoms with Crippen LogP contribution < -0.4 is 9.47 Å². The van der Waals surface area contributed by atoms with Crippen LogP contribution in [0.4, 0.5) is 0 Å². The molecule has 32 heavy (non-hydrogen) atoms. The van der Waals surface area contributed by atoms with Crippen molar-refractivity contribution in [3.05, 3.63) is 82.5 Å². The molecule has 7 nitrogen and oxygen atoms in total. The van der Waals surface area contributed by atoms with Gasteiger partial charge in [0.25, 0.3) is 5.91 Å². The number of carbonyl (C=O) groups is 2. The van der Waals surface area contributed by atoms with Crippen LogP contribution in [0, 0.1) is 6.92 Å². The topological polar surface area (TPSA) is 72.2 Å². The normalized spacial score (nSPS) is 11.9. The second-order valence-corrected chi connectivity index (χ2v) is 8.35. The minimum absolute atomic E-state index is 0.0625. The van der Waals surface area contributed by atoms with Gasteiger partial charge in [0, 0.05) is 13.1 Å². The molecule has 0 fully saturated rings. The fourth-order valence-electron chi connectivity index (χ4n) is 3.44. The average molecular weight is 453 g/mol. The number of rotatable bonds is 9. The van der Waals surface area contributed by atoms with Gasteiger partial charge in [-0.1, -0.05) is 18.2 Å². The fourth-order valence-corrected chi connectivity index (χ4v) is 4.14. The van der Waals surface area contributed by atoms with E-state index in [1.54, 1.807) is 17.0 Å². The first-order chi connectivity index (χ1) is 15.5. The van der Waals surface area contributed by atoms with Gasteiger partial charge in [0.15, 0.2) is 11.5 Å². The van der Waals surface area contributed by atoms with Gasteiger partial charge in [-0.15, -0.1) is 17.9 Å². The Kier molecular flexibility index (Phi) is 6.61. The van der Waals surface area contributed by atoms with Gasteiger partial charge in [0.05, 0.1) is 11.4 Å². The Balaban J connectivity index is 1.54. The maximum Gasteiger partial charge on any atom is 0.264 e. The summed E-state index contributed by atoms with van der Waals surface area (Å²) in [6, 6.07) is 12.9. The van der Waals surface area contributed by atoms with Crippen molar-refractivity contribution >= 4 is 23.2 Å². The Labute approximate surface area is 190 Å². The first-order valence-corrected chi connectivity index (χ1v) is 11.1. The van der Waals surface area contributed by atoms with Gasteiger partial charge in [0.1, 0.15) is 18.1 Å². The first-order valence-electron chi connectivity index (χ1n) is 10.2. The second-order valence-electron chi connectivity index (χ2n) is 7.40. The van der Waals surface area contributed by atoms with Crippen LogP contribution in [0.5, 0.6) is 11.5 Å². The smallest absolute Gasteiger partial charge is 0.264 e. The number of ether oxygens (including phenoxy) is 2. The monoisotopic (exact) mass is 452 g/mol. The molecular weight excluding hydrogens is 428 g/mol. The minimum atomic E-state index is -0.191. The van der Waals surface area contributed by atoms with Crippen molar-refractivity contribution < 1.29 is 23.5 Å². The van der Waals surface area contributed by atoms with Gasteiger partial charge in [-0.3, -0.25) is 9.59 Å². The number of hydrogen-bond acceptors (Lipinski definition) is 6. The number of amides is 2. The lowest BCUT2D eigenvalue weighted by atomic mass is 10.2. The van der Waals surface area contributed by atoms with E-state index in [0.717, 1.165) is 11.3 Å². The van der Waals surface area contributed by atoms with Crippen molar-refractivity contribution in [2.24, 2.45) is 0 Å². The lowest BCUT2D eigenvalue weighted by Crippen LogP contribution is -2.42. The highest BCUT2D eigenvalue weighted by Crippen LogP contribution is 2.33. The van der Waals surface area contributed by atoms with E-state index < -0.39 is 0 Å². The number of thiophene rings is 1. The SMILES string of the molecule is C=CCN(CC(=O)N(Cc1ccc2c(c1)OCO2)Cc1ccc(C)o1)C(=O)c1cccs1. The minimum Gasteiger partial charge on any atom is -0.464 e. The van der Waals surface area contributed by atoms with Crippen LogP contribution in [0.1, 0.15) is 26.8 Å². The number of nitrogens with zero attached hydrogens (tertiary/aromatic N) is 2. The third-order valence-corrected chi connectivity index (χ3v) is 5.86. The summed E-state index contributed by atoms with van der Waals surface area (Å²) in [4.78, 5) is 30.0. The van der Waals surface area contributed by atoms with Crippen LogP contribution in [-0.4, -0.2) is 41.5 Å². The molecule has 1 aromatic carbocycles. The number of benzene rings is 1. The summed E-state index contributed by atoms with van der Waals surface area (Å²) in [5.74, 6) is 2.42. The van der Waals surface area contributed by atoms with Gasteiger partial charge in [-0.2, -0.15) is 0 Å². The van der Waals surface area contributed by atoms with E-state index in [-0.39, 0.29) is 38.2 Å². The van der Waals surface area contributed by atoms with Gasteiger partial charge >= 0.3 is 0 Å². The summed E-state index contributed by atoms with van der Waals surface area (Å²) < 4.78 is 16.5. The third kappa shape index (κ3) is 5.03. The maximum absolute atomic E-state index is 13.4. The molecule has 2 amide bonds. The third-order valence-electron chi connectivity index (χ3n) is 5.00. The van der Waals surface area contributed by atoms with Crippen molar-refractivity contribution in [1.29, 1.82) is 0 Å². The van der Waals surface area contributed by atoms with Gasteiger partial charge in [-0.05, 0) is 48.2 Å². The van der Waals surface area contributed by atoms with E-state index in [1.807, 2.05) is 48.7 Å². The molecule has 0 atom stereocenters. The summed E-state index contributed by atoms with van der Waals surface area (Å²) in [5, 5.41) is 1.84. The van der Waals surface area contributed by atoms with E-state index in [0.29, 0.717) is 28.7 Å². The average Bonchev–Trinajstić information content (AvgIpc) is 3.54. The summed E-state index contributed by atoms with van der Waals surface area (Å²) >= 11 is 1.35. The van der Waals surface area contributed by atoms with Crippen LogP contribution in [0.25, 0.3) is 0 Å². The van der Waals surface area contributed by atoms with Crippen molar-refractivity contribution in [1.82, 2.24) is 9.80 Å². The summed E-state index contributed by atoms with van der Waals surface area (Å²) in [5.41, 5.74) is 0.894. The Morgan fingerprint density at radius 3 is 2.66 bits per heavy atom. The molecule has 2 aromatic heterocycles. The number of furan rings is 1. The van der Waals surface area contributed by atoms with Crippen LogP contribution >= 0.6 is 11.3 Å². The number of fused-ring (bicyclic) bond motifs is 1.